The van der Waals surface area contributed by atoms with E-state index in [1.54, 1.807) is 11.8 Å². The monoisotopic (exact) mass is 306 g/mol. The second kappa shape index (κ2) is 7.14. The third kappa shape index (κ3) is 3.49. The van der Waals surface area contributed by atoms with Crippen LogP contribution in [0.1, 0.15) is 5.69 Å². The first-order valence-corrected chi connectivity index (χ1v) is 8.47. The normalized spacial score (nSPS) is 10.4. The first-order chi connectivity index (χ1) is 10.9. The maximum absolute atomic E-state index is 4.74. The number of nitrogens with one attached hydrogen (secondary N) is 1. The number of aromatic nitrogens is 1. The van der Waals surface area contributed by atoms with Gasteiger partial charge >= 0.3 is 0 Å². The molecular weight excluding hydrogens is 288 g/mol. The van der Waals surface area contributed by atoms with E-state index in [0.717, 1.165) is 29.2 Å². The minimum absolute atomic E-state index is 0.720. The van der Waals surface area contributed by atoms with Crippen molar-refractivity contribution in [3.63, 3.8) is 0 Å². The quantitative estimate of drug-likeness (QED) is 0.665. The molecule has 0 bridgehead atoms. The van der Waals surface area contributed by atoms with Crippen LogP contribution in [0.2, 0.25) is 0 Å². The number of rotatable bonds is 5. The summed E-state index contributed by atoms with van der Waals surface area (Å²) >= 11 is 1.75. The van der Waals surface area contributed by atoms with E-state index in [2.05, 4.69) is 66.2 Å². The van der Waals surface area contributed by atoms with Gasteiger partial charge in [-0.05, 0) is 30.5 Å². The van der Waals surface area contributed by atoms with Crippen molar-refractivity contribution in [2.45, 2.75) is 11.4 Å². The minimum atomic E-state index is 0.720. The van der Waals surface area contributed by atoms with Crippen LogP contribution in [0.3, 0.4) is 0 Å². The average molecular weight is 306 g/mol. The van der Waals surface area contributed by atoms with Gasteiger partial charge in [-0.3, -0.25) is 4.98 Å². The maximum atomic E-state index is 4.74. The zero-order valence-corrected chi connectivity index (χ0v) is 13.3. The van der Waals surface area contributed by atoms with Gasteiger partial charge in [-0.2, -0.15) is 0 Å². The van der Waals surface area contributed by atoms with Gasteiger partial charge in [0.25, 0.3) is 0 Å². The van der Waals surface area contributed by atoms with Gasteiger partial charge in [0.2, 0.25) is 0 Å². The van der Waals surface area contributed by atoms with Crippen molar-refractivity contribution in [1.29, 1.82) is 0 Å². The van der Waals surface area contributed by atoms with E-state index in [9.17, 15) is 0 Å². The Balaban J connectivity index is 1.76. The molecule has 110 valence electrons. The van der Waals surface area contributed by atoms with Crippen molar-refractivity contribution < 1.29 is 0 Å². The van der Waals surface area contributed by atoms with Gasteiger partial charge in [0, 0.05) is 16.1 Å². The number of anilines is 1. The Bertz CT molecular complexity index is 741. The van der Waals surface area contributed by atoms with Crippen molar-refractivity contribution in [2.24, 2.45) is 0 Å². The summed E-state index contributed by atoms with van der Waals surface area (Å²) in [5.74, 6) is 0. The van der Waals surface area contributed by atoms with Crippen LogP contribution in [0.25, 0.3) is 11.3 Å². The number of nitrogens with zero attached hydrogens (tertiary/aromatic N) is 1. The number of hydrogen-bond donors (Lipinski definition) is 1. The molecule has 0 unspecified atom stereocenters. The summed E-state index contributed by atoms with van der Waals surface area (Å²) in [6, 6.07) is 24.8. The predicted molar refractivity (Wildman–Crippen MR) is 95.2 cm³/mol. The third-order valence-corrected chi connectivity index (χ3v) is 4.24. The highest BCUT2D eigenvalue weighted by molar-refractivity contribution is 7.98. The summed E-state index contributed by atoms with van der Waals surface area (Å²) in [6.45, 7) is 0.720. The highest BCUT2D eigenvalue weighted by atomic mass is 32.2. The van der Waals surface area contributed by atoms with Crippen molar-refractivity contribution in [2.75, 3.05) is 11.6 Å². The van der Waals surface area contributed by atoms with Gasteiger partial charge in [-0.25, -0.2) is 0 Å². The molecule has 0 spiro atoms. The second-order valence-electron chi connectivity index (χ2n) is 4.93. The Morgan fingerprint density at radius 3 is 2.45 bits per heavy atom. The van der Waals surface area contributed by atoms with Crippen LogP contribution in [0.15, 0.2) is 77.7 Å². The lowest BCUT2D eigenvalue weighted by atomic mass is 10.1. The predicted octanol–water partition coefficient (Wildman–Crippen LogP) is 5.08. The van der Waals surface area contributed by atoms with Gasteiger partial charge in [0.1, 0.15) is 0 Å². The van der Waals surface area contributed by atoms with E-state index < -0.39 is 0 Å². The lowest BCUT2D eigenvalue weighted by Crippen LogP contribution is -2.03. The van der Waals surface area contributed by atoms with Crippen molar-refractivity contribution in [1.82, 2.24) is 4.98 Å². The second-order valence-corrected chi connectivity index (χ2v) is 5.78. The molecule has 2 aromatic carbocycles. The summed E-state index contributed by atoms with van der Waals surface area (Å²) in [5.41, 5.74) is 4.35. The molecule has 0 radical (unpaired) electrons. The van der Waals surface area contributed by atoms with Crippen molar-refractivity contribution in [3.8, 4) is 11.3 Å². The molecule has 3 heteroatoms. The minimum Gasteiger partial charge on any atom is -0.378 e. The van der Waals surface area contributed by atoms with E-state index in [0.29, 0.717) is 0 Å². The van der Waals surface area contributed by atoms with E-state index in [-0.39, 0.29) is 0 Å². The lowest BCUT2D eigenvalue weighted by Gasteiger charge is -2.10. The molecule has 22 heavy (non-hydrogen) atoms. The molecule has 0 saturated carbocycles. The Morgan fingerprint density at radius 1 is 0.864 bits per heavy atom. The molecule has 1 aromatic heterocycles. The molecule has 0 aliphatic rings. The summed E-state index contributed by atoms with van der Waals surface area (Å²) in [6.07, 6.45) is 2.09. The maximum Gasteiger partial charge on any atom is 0.0706 e. The highest BCUT2D eigenvalue weighted by Crippen LogP contribution is 2.25. The third-order valence-electron chi connectivity index (χ3n) is 3.44. The first kappa shape index (κ1) is 14.7. The Labute approximate surface area is 135 Å². The van der Waals surface area contributed by atoms with Crippen LogP contribution >= 0.6 is 11.8 Å². The molecule has 0 fully saturated rings. The Kier molecular flexibility index (Phi) is 4.76. The van der Waals surface area contributed by atoms with E-state index in [1.807, 2.05) is 18.2 Å². The summed E-state index contributed by atoms with van der Waals surface area (Å²) in [7, 11) is 0. The average Bonchev–Trinajstić information content (AvgIpc) is 2.61. The molecule has 0 aliphatic heterocycles. The zero-order chi connectivity index (χ0) is 15.2. The van der Waals surface area contributed by atoms with Crippen LogP contribution < -0.4 is 5.32 Å². The fraction of sp³-hybridized carbons (Fsp3) is 0.105. The summed E-state index contributed by atoms with van der Waals surface area (Å²) in [5, 5.41) is 3.48. The van der Waals surface area contributed by atoms with Gasteiger partial charge in [0.15, 0.2) is 0 Å². The molecule has 3 rings (SSSR count). The molecular formula is C19H18N2S. The van der Waals surface area contributed by atoms with Crippen LogP contribution in [0.5, 0.6) is 0 Å². The molecule has 0 atom stereocenters. The molecule has 0 amide bonds. The topological polar surface area (TPSA) is 24.9 Å². The number of para-hydroxylation sites is 1. The van der Waals surface area contributed by atoms with Gasteiger partial charge in [-0.15, -0.1) is 11.8 Å². The number of thioether (sulfide) groups is 1. The zero-order valence-electron chi connectivity index (χ0n) is 12.5. The van der Waals surface area contributed by atoms with Crippen LogP contribution in [0, 0.1) is 0 Å². The fourth-order valence-corrected chi connectivity index (χ4v) is 2.90. The van der Waals surface area contributed by atoms with Crippen LogP contribution in [-0.4, -0.2) is 11.2 Å². The molecule has 1 heterocycles. The molecule has 2 nitrogen and oxygen atoms in total. The SMILES string of the molecule is CSc1ccccc1NCc1cccc(-c2ccccc2)n1. The van der Waals surface area contributed by atoms with Crippen LogP contribution in [-0.2, 0) is 6.54 Å². The van der Waals surface area contributed by atoms with E-state index >= 15 is 0 Å². The molecule has 0 saturated heterocycles. The first-order valence-electron chi connectivity index (χ1n) is 7.25. The smallest absolute Gasteiger partial charge is 0.0706 e. The Hall–Kier alpha value is -2.26. The number of benzene rings is 2. The van der Waals surface area contributed by atoms with Gasteiger partial charge in [-0.1, -0.05) is 48.5 Å². The van der Waals surface area contributed by atoms with Crippen molar-refractivity contribution >= 4 is 17.4 Å². The highest BCUT2D eigenvalue weighted by Gasteiger charge is 2.03. The van der Waals surface area contributed by atoms with Gasteiger partial charge in [0.05, 0.1) is 17.9 Å². The Morgan fingerprint density at radius 2 is 1.64 bits per heavy atom. The largest absolute Gasteiger partial charge is 0.378 e. The van der Waals surface area contributed by atoms with E-state index in [1.165, 1.54) is 4.90 Å². The fourth-order valence-electron chi connectivity index (χ4n) is 2.32. The summed E-state index contributed by atoms with van der Waals surface area (Å²) in [4.78, 5) is 6.00. The van der Waals surface area contributed by atoms with E-state index in [4.69, 9.17) is 4.98 Å². The van der Waals surface area contributed by atoms with Gasteiger partial charge < -0.3 is 5.32 Å². The molecule has 0 aliphatic carbocycles. The summed E-state index contributed by atoms with van der Waals surface area (Å²) < 4.78 is 0. The number of hydrogen-bond acceptors (Lipinski definition) is 3. The standard InChI is InChI=1S/C19H18N2S/c1-22-19-13-6-5-11-18(19)20-14-16-10-7-12-17(21-16)15-8-3-2-4-9-15/h2-13,20H,14H2,1H3. The molecule has 1 N–H and O–H groups in total. The molecule has 3 aromatic rings. The van der Waals surface area contributed by atoms with Crippen molar-refractivity contribution in [3.05, 3.63) is 78.5 Å². The lowest BCUT2D eigenvalue weighted by molar-refractivity contribution is 1.04. The number of pyridine rings is 1. The van der Waals surface area contributed by atoms with Crippen LogP contribution in [0.4, 0.5) is 5.69 Å².